The molecule has 0 amide bonds. The number of aliphatic hydroxyl groups excluding tert-OH is 1. The second kappa shape index (κ2) is 31.4. The van der Waals surface area contributed by atoms with Crippen LogP contribution >= 0.6 is 15.1 Å². The van der Waals surface area contributed by atoms with Crippen LogP contribution in [0.2, 0.25) is 0 Å². The highest BCUT2D eigenvalue weighted by Crippen LogP contribution is 2.40. The van der Waals surface area contributed by atoms with Crippen LogP contribution in [0.15, 0.2) is 0 Å². The van der Waals surface area contributed by atoms with Crippen LogP contribution in [-0.4, -0.2) is 142 Å². The first-order valence-electron chi connectivity index (χ1n) is 19.4. The summed E-state index contributed by atoms with van der Waals surface area (Å²) >= 11 is 0. The highest BCUT2D eigenvalue weighted by atomic mass is 31.2. The molecular weight excluding hydrogens is 734 g/mol. The molecule has 7 atom stereocenters. The number of Topliss-reactive ketones (excluding diaryl/α,β-unsaturated/α-hetero) is 2. The Bertz CT molecular complexity index is 1060. The molecule has 6 unspecified atom stereocenters. The van der Waals surface area contributed by atoms with Gasteiger partial charge in [-0.2, -0.15) is 0 Å². The Labute approximate surface area is 329 Å². The van der Waals surface area contributed by atoms with Gasteiger partial charge in [0.15, 0.2) is 0 Å². The van der Waals surface area contributed by atoms with E-state index in [1.807, 2.05) is 42.0 Å². The molecule has 0 aliphatic carbocycles. The molecule has 0 heterocycles. The zero-order valence-corrected chi connectivity index (χ0v) is 37.4. The first-order chi connectivity index (χ1) is 25.2. The van der Waals surface area contributed by atoms with Gasteiger partial charge < -0.3 is 64.9 Å². The number of carbonyl (C=O) groups excluding carboxylic acids is 2. The third kappa shape index (κ3) is 29.6. The fourth-order valence-corrected chi connectivity index (χ4v) is 7.10. The smallest absolute Gasteiger partial charge is 0.150 e. The van der Waals surface area contributed by atoms with Gasteiger partial charge >= 0.3 is 0 Å². The van der Waals surface area contributed by atoms with E-state index in [2.05, 4.69) is 65.3 Å². The van der Waals surface area contributed by atoms with E-state index in [9.17, 15) is 19.4 Å². The standard InChI is InChI=1S/C19H39N3O2.C18H41N3O7P2/c1-15(2)19(24)16(10-6-8-12-20-3)14-18(23)17(22-5)11-7-9-13-21-4;1-18(2,3)9-15(19-4)11-25-29(7,23)27-13-17(21-6)14-28-30(8,24)26-12-16(10-22)20-5/h15-17,20-22H,6-14H2,1-5H3;15-17,19-22H,7-14H2,1-6H3/q;-2/t16?,17-;/m0./s1. The summed E-state index contributed by atoms with van der Waals surface area (Å²) in [6.45, 7) is 12.1. The quantitative estimate of drug-likeness (QED) is 0.0370. The lowest BCUT2D eigenvalue weighted by molar-refractivity contribution is -0.210. The largest absolute Gasteiger partial charge is 0.789 e. The molecule has 0 saturated carbocycles. The number of ketones is 2. The average molecular weight is 815 g/mol. The van der Waals surface area contributed by atoms with Gasteiger partial charge in [0, 0.05) is 39.4 Å². The molecular formula is C37H80N6O9P2-2. The maximum Gasteiger partial charge on any atom is 0.150 e. The second-order valence-electron chi connectivity index (χ2n) is 15.3. The molecule has 0 aromatic carbocycles. The predicted octanol–water partition coefficient (Wildman–Crippen LogP) is 1.51. The summed E-state index contributed by atoms with van der Waals surface area (Å²) in [5.74, 6) is 0.297. The summed E-state index contributed by atoms with van der Waals surface area (Å²) in [5.41, 5.74) is 0.0895. The molecule has 0 rings (SSSR count). The van der Waals surface area contributed by atoms with Crippen LogP contribution in [-0.2, 0) is 27.7 Å². The van der Waals surface area contributed by atoms with Crippen LogP contribution in [0.3, 0.4) is 0 Å². The van der Waals surface area contributed by atoms with Crippen molar-refractivity contribution >= 4 is 39.3 Å². The van der Waals surface area contributed by atoms with E-state index < -0.39 is 21.2 Å². The van der Waals surface area contributed by atoms with Crippen molar-refractivity contribution in [3.05, 3.63) is 0 Å². The summed E-state index contributed by atoms with van der Waals surface area (Å²) in [7, 11) is 3.74. The van der Waals surface area contributed by atoms with E-state index in [4.69, 9.17) is 23.2 Å². The third-order valence-corrected chi connectivity index (χ3v) is 10.9. The second-order valence-corrected chi connectivity index (χ2v) is 18.7. The lowest BCUT2D eigenvalue weighted by atomic mass is 9.85. The average Bonchev–Trinajstić information content (AvgIpc) is 3.11. The molecule has 0 aromatic rings. The Kier molecular flexibility index (Phi) is 32.3. The number of hydrogen-bond donors (Lipinski definition) is 7. The van der Waals surface area contributed by atoms with Crippen LogP contribution < -0.4 is 41.7 Å². The van der Waals surface area contributed by atoms with E-state index in [0.29, 0.717) is 6.42 Å². The van der Waals surface area contributed by atoms with Gasteiger partial charge in [0.25, 0.3) is 0 Å². The van der Waals surface area contributed by atoms with Crippen molar-refractivity contribution in [2.45, 2.75) is 110 Å². The van der Waals surface area contributed by atoms with Gasteiger partial charge in [-0.3, -0.25) is 9.59 Å². The van der Waals surface area contributed by atoms with E-state index in [1.165, 1.54) is 0 Å². The lowest BCUT2D eigenvalue weighted by Gasteiger charge is -2.35. The number of likely N-dealkylation sites (N-methyl/N-ethyl adjacent to an activating group) is 4. The number of hydrogen-bond acceptors (Lipinski definition) is 15. The van der Waals surface area contributed by atoms with Gasteiger partial charge in [-0.25, -0.2) is 0 Å². The molecule has 0 aliphatic rings. The Morgan fingerprint density at radius 3 is 1.48 bits per heavy atom. The molecule has 0 bridgehead atoms. The zero-order chi connectivity index (χ0) is 41.8. The number of aliphatic hydroxyl groups is 1. The maximum atomic E-state index is 12.6. The highest BCUT2D eigenvalue weighted by Gasteiger charge is 2.27. The van der Waals surface area contributed by atoms with Gasteiger partial charge in [-0.05, 0) is 92.9 Å². The molecule has 54 heavy (non-hydrogen) atoms. The minimum absolute atomic E-state index is 0.00392. The fraction of sp³-hybridized carbons (Fsp3) is 0.892. The van der Waals surface area contributed by atoms with Crippen LogP contribution in [0.5, 0.6) is 0 Å². The number of nitrogens with one attached hydrogen (secondary N) is 6. The molecule has 0 aromatic heterocycles. The minimum Gasteiger partial charge on any atom is -0.789 e. The summed E-state index contributed by atoms with van der Waals surface area (Å²) in [6.07, 6.45) is 14.0. The maximum absolute atomic E-state index is 12.6. The summed E-state index contributed by atoms with van der Waals surface area (Å²) in [5, 5.41) is 27.4. The van der Waals surface area contributed by atoms with Crippen molar-refractivity contribution < 1.29 is 42.6 Å². The van der Waals surface area contributed by atoms with Crippen molar-refractivity contribution in [2.75, 3.05) is 88.4 Å². The van der Waals surface area contributed by atoms with Crippen molar-refractivity contribution in [3.63, 3.8) is 0 Å². The molecule has 324 valence electrons. The van der Waals surface area contributed by atoms with Crippen molar-refractivity contribution in [3.8, 4) is 0 Å². The predicted molar refractivity (Wildman–Crippen MR) is 223 cm³/mol. The SMILES string of the molecule is C=P([O-])(OCC(CO)NC)OCC(COP(=C)([O-])OCC(CC(C)(C)C)NC)NC.CNCCCCC(CC(=O)[C@H](CCCCNC)NC)C(=O)C(C)C. The fourth-order valence-electron chi connectivity index (χ4n) is 5.32. The van der Waals surface area contributed by atoms with E-state index >= 15 is 0 Å². The third-order valence-electron chi connectivity index (χ3n) is 8.75. The molecule has 15 nitrogen and oxygen atoms in total. The molecule has 0 saturated heterocycles. The normalized spacial score (nSPS) is 17.1. The lowest BCUT2D eigenvalue weighted by Crippen LogP contribution is -2.37. The summed E-state index contributed by atoms with van der Waals surface area (Å²) < 4.78 is 21.2. The van der Waals surface area contributed by atoms with Crippen LogP contribution in [0, 0.1) is 17.3 Å². The van der Waals surface area contributed by atoms with Gasteiger partial charge in [0.2, 0.25) is 0 Å². The molecule has 7 N–H and O–H groups in total. The molecule has 0 spiro atoms. The topological polar surface area (TPSA) is 210 Å². The van der Waals surface area contributed by atoms with E-state index in [1.54, 1.807) is 14.1 Å². The Balaban J connectivity index is 0. The van der Waals surface area contributed by atoms with Gasteiger partial charge in [0.1, 0.15) is 11.6 Å². The Morgan fingerprint density at radius 1 is 0.685 bits per heavy atom. The first kappa shape index (κ1) is 55.5. The minimum atomic E-state index is -3.58. The van der Waals surface area contributed by atoms with Crippen molar-refractivity contribution in [2.24, 2.45) is 17.3 Å². The summed E-state index contributed by atoms with van der Waals surface area (Å²) in [6, 6.07) is -0.917. The van der Waals surface area contributed by atoms with Gasteiger partial charge in [-0.1, -0.05) is 60.1 Å². The molecule has 0 aliphatic heterocycles. The van der Waals surface area contributed by atoms with Gasteiger partial charge in [-0.15, -0.1) is 0 Å². The summed E-state index contributed by atoms with van der Waals surface area (Å²) in [4.78, 5) is 49.8. The first-order valence-corrected chi connectivity index (χ1v) is 22.8. The number of unbranched alkanes of at least 4 members (excludes halogenated alkanes) is 2. The number of rotatable bonds is 33. The highest BCUT2D eigenvalue weighted by molar-refractivity contribution is 7.57. The molecule has 0 fully saturated rings. The Hall–Kier alpha value is -0.580. The number of carbonyl (C=O) groups is 2. The molecule has 17 heteroatoms. The Morgan fingerprint density at radius 2 is 1.11 bits per heavy atom. The molecule has 0 radical (unpaired) electrons. The van der Waals surface area contributed by atoms with Crippen LogP contribution in [0.25, 0.3) is 0 Å². The van der Waals surface area contributed by atoms with Crippen molar-refractivity contribution in [1.29, 1.82) is 0 Å². The van der Waals surface area contributed by atoms with E-state index in [0.717, 1.165) is 58.0 Å². The van der Waals surface area contributed by atoms with Crippen LogP contribution in [0.1, 0.15) is 86.0 Å². The zero-order valence-electron chi connectivity index (χ0n) is 35.6. The van der Waals surface area contributed by atoms with Crippen LogP contribution in [0.4, 0.5) is 0 Å². The monoisotopic (exact) mass is 815 g/mol. The van der Waals surface area contributed by atoms with Crippen molar-refractivity contribution in [1.82, 2.24) is 31.9 Å². The van der Waals surface area contributed by atoms with E-state index in [-0.39, 0.29) is 80.0 Å². The van der Waals surface area contributed by atoms with Gasteiger partial charge in [0.05, 0.1) is 51.2 Å².